The van der Waals surface area contributed by atoms with Crippen molar-refractivity contribution < 1.29 is 23.8 Å². The van der Waals surface area contributed by atoms with Gasteiger partial charge in [0, 0.05) is 34.2 Å². The minimum Gasteiger partial charge on any atom is -0.507 e. The van der Waals surface area contributed by atoms with E-state index in [0.717, 1.165) is 10.9 Å². The van der Waals surface area contributed by atoms with Gasteiger partial charge in [-0.3, -0.25) is 4.79 Å². The highest BCUT2D eigenvalue weighted by Gasteiger charge is 2.31. The highest BCUT2D eigenvalue weighted by molar-refractivity contribution is 6.26. The van der Waals surface area contributed by atoms with E-state index in [4.69, 9.17) is 13.9 Å². The largest absolute Gasteiger partial charge is 0.507 e. The van der Waals surface area contributed by atoms with Crippen molar-refractivity contribution in [3.8, 4) is 28.4 Å². The molecule has 5 heteroatoms. The molecule has 0 saturated heterocycles. The number of aromatic hydroxyl groups is 1. The predicted octanol–water partition coefficient (Wildman–Crippen LogP) is 3.37. The quantitative estimate of drug-likeness (QED) is 0.614. The molecule has 0 unspecified atom stereocenters. The summed E-state index contributed by atoms with van der Waals surface area (Å²) in [4.78, 5) is 12.8. The first-order chi connectivity index (χ1) is 10.6. The summed E-state index contributed by atoms with van der Waals surface area (Å²) in [7, 11) is 3.04. The summed E-state index contributed by atoms with van der Waals surface area (Å²) in [5.74, 6) is 0.652. The number of hydrogen-bond acceptors (Lipinski definition) is 5. The molecule has 0 radical (unpaired) electrons. The van der Waals surface area contributed by atoms with Gasteiger partial charge in [0.05, 0.1) is 26.0 Å². The molecular weight excluding hydrogens is 284 g/mol. The number of methoxy groups -OCH3 is 2. The van der Waals surface area contributed by atoms with Gasteiger partial charge in [-0.2, -0.15) is 0 Å². The Morgan fingerprint density at radius 1 is 0.955 bits per heavy atom. The van der Waals surface area contributed by atoms with E-state index >= 15 is 0 Å². The average Bonchev–Trinajstić information content (AvgIpc) is 2.95. The Labute approximate surface area is 125 Å². The zero-order chi connectivity index (χ0) is 15.4. The third kappa shape index (κ3) is 1.50. The smallest absolute Gasteiger partial charge is 0.198 e. The molecule has 1 aromatic heterocycles. The molecule has 3 aromatic rings. The maximum absolute atomic E-state index is 12.8. The van der Waals surface area contributed by atoms with Gasteiger partial charge in [-0.1, -0.05) is 0 Å². The number of ether oxygens (including phenoxy) is 2. The fourth-order valence-electron chi connectivity index (χ4n) is 2.94. The maximum Gasteiger partial charge on any atom is 0.198 e. The standard InChI is InChI=1S/C17H12O5/c1-20-8-3-10-12-7-22-14-6-9(21-2)4-11(15(12)14)17(19)16(10)13(18)5-8/h3-7,18H,1-2H3. The van der Waals surface area contributed by atoms with Gasteiger partial charge >= 0.3 is 0 Å². The molecule has 1 N–H and O–H groups in total. The van der Waals surface area contributed by atoms with Gasteiger partial charge in [-0.15, -0.1) is 0 Å². The average molecular weight is 296 g/mol. The highest BCUT2D eigenvalue weighted by Crippen LogP contribution is 2.46. The van der Waals surface area contributed by atoms with Crippen molar-refractivity contribution in [2.45, 2.75) is 0 Å². The fourth-order valence-corrected chi connectivity index (χ4v) is 2.94. The lowest BCUT2D eigenvalue weighted by molar-refractivity contribution is 0.103. The van der Waals surface area contributed by atoms with E-state index in [1.165, 1.54) is 20.3 Å². The van der Waals surface area contributed by atoms with Crippen LogP contribution >= 0.6 is 0 Å². The summed E-state index contributed by atoms with van der Waals surface area (Å²) in [6, 6.07) is 6.56. The van der Waals surface area contributed by atoms with Gasteiger partial charge in [0.1, 0.15) is 22.8 Å². The number of ketones is 1. The number of carbonyl (C=O) groups is 1. The number of carbonyl (C=O) groups excluding carboxylic acids is 1. The predicted molar refractivity (Wildman–Crippen MR) is 79.9 cm³/mol. The van der Waals surface area contributed by atoms with Crippen molar-refractivity contribution in [1.82, 2.24) is 0 Å². The minimum atomic E-state index is -0.257. The van der Waals surface area contributed by atoms with Crippen LogP contribution in [0.25, 0.3) is 22.1 Å². The Hall–Kier alpha value is -2.95. The Balaban J connectivity index is 2.14. The first-order valence-electron chi connectivity index (χ1n) is 6.69. The summed E-state index contributed by atoms with van der Waals surface area (Å²) in [6.07, 6.45) is 1.58. The second-order valence-corrected chi connectivity index (χ2v) is 5.10. The van der Waals surface area contributed by atoms with Gasteiger partial charge in [0.15, 0.2) is 5.78 Å². The van der Waals surface area contributed by atoms with Gasteiger partial charge in [0.25, 0.3) is 0 Å². The molecular formula is C17H12O5. The molecule has 0 bridgehead atoms. The van der Waals surface area contributed by atoms with Crippen LogP contribution < -0.4 is 9.47 Å². The summed E-state index contributed by atoms with van der Waals surface area (Å²) in [5.41, 5.74) is 2.66. The lowest BCUT2D eigenvalue weighted by atomic mass is 9.85. The third-order valence-electron chi connectivity index (χ3n) is 3.97. The highest BCUT2D eigenvalue weighted by atomic mass is 16.5. The summed E-state index contributed by atoms with van der Waals surface area (Å²) >= 11 is 0. The molecule has 4 rings (SSSR count). The number of phenols is 1. The Morgan fingerprint density at radius 2 is 1.64 bits per heavy atom. The number of hydrogen-bond donors (Lipinski definition) is 1. The van der Waals surface area contributed by atoms with Crippen molar-refractivity contribution in [3.63, 3.8) is 0 Å². The second kappa shape index (κ2) is 4.27. The van der Waals surface area contributed by atoms with E-state index in [1.54, 1.807) is 24.5 Å². The van der Waals surface area contributed by atoms with E-state index in [-0.39, 0.29) is 17.1 Å². The van der Waals surface area contributed by atoms with Gasteiger partial charge in [-0.25, -0.2) is 0 Å². The molecule has 110 valence electrons. The van der Waals surface area contributed by atoms with E-state index in [0.29, 0.717) is 28.2 Å². The van der Waals surface area contributed by atoms with E-state index in [2.05, 4.69) is 0 Å². The van der Waals surface area contributed by atoms with E-state index in [9.17, 15) is 9.90 Å². The zero-order valence-electron chi connectivity index (χ0n) is 12.0. The monoisotopic (exact) mass is 296 g/mol. The van der Waals surface area contributed by atoms with Crippen molar-refractivity contribution >= 4 is 16.8 Å². The molecule has 0 fully saturated rings. The van der Waals surface area contributed by atoms with Crippen LogP contribution in [0.1, 0.15) is 15.9 Å². The van der Waals surface area contributed by atoms with E-state index in [1.807, 2.05) is 0 Å². The van der Waals surface area contributed by atoms with Crippen LogP contribution in [-0.2, 0) is 0 Å². The topological polar surface area (TPSA) is 68.9 Å². The summed E-state index contributed by atoms with van der Waals surface area (Å²) in [5, 5.41) is 10.9. The molecule has 0 saturated carbocycles. The van der Waals surface area contributed by atoms with Crippen molar-refractivity contribution in [1.29, 1.82) is 0 Å². The first kappa shape index (κ1) is 12.8. The molecule has 2 aromatic carbocycles. The maximum atomic E-state index is 12.8. The zero-order valence-corrected chi connectivity index (χ0v) is 12.0. The normalized spacial score (nSPS) is 12.4. The summed E-state index contributed by atoms with van der Waals surface area (Å²) in [6.45, 7) is 0. The number of phenolic OH excluding ortho intramolecular Hbond substituents is 1. The number of rotatable bonds is 2. The number of furan rings is 1. The lowest BCUT2D eigenvalue weighted by Crippen LogP contribution is -2.09. The van der Waals surface area contributed by atoms with Gasteiger partial charge < -0.3 is 19.0 Å². The van der Waals surface area contributed by atoms with Crippen LogP contribution in [0.4, 0.5) is 0 Å². The number of benzene rings is 2. The molecule has 22 heavy (non-hydrogen) atoms. The molecule has 0 spiro atoms. The number of fused-ring (bicyclic) bond motifs is 2. The molecule has 0 atom stereocenters. The first-order valence-corrected chi connectivity index (χ1v) is 6.69. The van der Waals surface area contributed by atoms with E-state index < -0.39 is 0 Å². The van der Waals surface area contributed by atoms with Gasteiger partial charge in [-0.05, 0) is 12.1 Å². The fraction of sp³-hybridized carbons (Fsp3) is 0.118. The Bertz CT molecular complexity index is 936. The molecule has 1 heterocycles. The SMILES string of the molecule is COc1cc(O)c2c(c1)-c1coc3cc(OC)cc(c13)C2=O. The summed E-state index contributed by atoms with van der Waals surface area (Å²) < 4.78 is 15.9. The molecule has 0 amide bonds. The van der Waals surface area contributed by atoms with Crippen LogP contribution in [0.2, 0.25) is 0 Å². The molecule has 1 aliphatic carbocycles. The Kier molecular flexibility index (Phi) is 2.48. The van der Waals surface area contributed by atoms with Crippen LogP contribution in [-0.4, -0.2) is 25.1 Å². The van der Waals surface area contributed by atoms with Crippen LogP contribution in [0.15, 0.2) is 34.9 Å². The van der Waals surface area contributed by atoms with Crippen molar-refractivity contribution in [2.75, 3.05) is 14.2 Å². The lowest BCUT2D eigenvalue weighted by Gasteiger charge is -2.18. The van der Waals surface area contributed by atoms with Gasteiger partial charge in [0.2, 0.25) is 0 Å². The Morgan fingerprint density at radius 3 is 2.36 bits per heavy atom. The molecule has 5 nitrogen and oxygen atoms in total. The van der Waals surface area contributed by atoms with Crippen LogP contribution in [0, 0.1) is 0 Å². The molecule has 0 aliphatic heterocycles. The van der Waals surface area contributed by atoms with Crippen LogP contribution in [0.3, 0.4) is 0 Å². The minimum absolute atomic E-state index is 0.109. The second-order valence-electron chi connectivity index (χ2n) is 5.10. The van der Waals surface area contributed by atoms with Crippen LogP contribution in [0.5, 0.6) is 17.2 Å². The third-order valence-corrected chi connectivity index (χ3v) is 3.97. The van der Waals surface area contributed by atoms with Crippen molar-refractivity contribution in [3.05, 3.63) is 41.7 Å². The molecule has 1 aliphatic rings. The van der Waals surface area contributed by atoms with Crippen molar-refractivity contribution in [2.24, 2.45) is 0 Å².